The second kappa shape index (κ2) is 6.87. The summed E-state index contributed by atoms with van der Waals surface area (Å²) in [4.78, 5) is 0. The molecule has 1 unspecified atom stereocenters. The summed E-state index contributed by atoms with van der Waals surface area (Å²) in [6, 6.07) is 16.3. The van der Waals surface area contributed by atoms with Gasteiger partial charge in [-0.3, -0.25) is 0 Å². The van der Waals surface area contributed by atoms with Gasteiger partial charge in [0.15, 0.2) is 5.69 Å². The Bertz CT molecular complexity index is 1150. The number of aromatic nitrogens is 2. The molecular weight excluding hydrogens is 405 g/mol. The Balaban J connectivity index is 2.04. The number of halogens is 4. The molecule has 1 aliphatic heterocycles. The van der Waals surface area contributed by atoms with E-state index in [9.17, 15) is 18.4 Å². The van der Waals surface area contributed by atoms with Crippen LogP contribution in [0.1, 0.15) is 22.7 Å². The molecule has 1 aliphatic rings. The molecule has 1 atom stereocenters. The van der Waals surface area contributed by atoms with Crippen molar-refractivity contribution in [1.29, 1.82) is 5.26 Å². The number of benzene rings is 2. The molecule has 0 aliphatic carbocycles. The van der Waals surface area contributed by atoms with Crippen LogP contribution in [0, 0.1) is 11.3 Å². The average molecular weight is 417 g/mol. The number of nitrogens with zero attached hydrogens (tertiary/aromatic N) is 3. The van der Waals surface area contributed by atoms with E-state index in [4.69, 9.17) is 22.1 Å². The van der Waals surface area contributed by atoms with Crippen LogP contribution in [0.25, 0.3) is 5.69 Å². The van der Waals surface area contributed by atoms with E-state index in [1.807, 2.05) is 6.07 Å². The van der Waals surface area contributed by atoms with Crippen LogP contribution in [0.15, 0.2) is 66.1 Å². The average Bonchev–Trinajstić information content (AvgIpc) is 3.08. The molecule has 0 fully saturated rings. The standard InChI is InChI=1S/C20H12ClF3N4O/c21-12-8-6-11(7-9-12)15-14(10-25)18(26)29-19-16(15)17(20(22,23)24)27-28(19)13-4-2-1-3-5-13/h1-9,15H,26H2. The number of fused-ring (bicyclic) bond motifs is 1. The number of para-hydroxylation sites is 1. The molecule has 0 spiro atoms. The van der Waals surface area contributed by atoms with Crippen molar-refractivity contribution in [3.63, 3.8) is 0 Å². The fraction of sp³-hybridized carbons (Fsp3) is 0.100. The number of hydrogen-bond acceptors (Lipinski definition) is 4. The first kappa shape index (κ1) is 18.9. The van der Waals surface area contributed by atoms with Crippen molar-refractivity contribution >= 4 is 11.6 Å². The first-order valence-corrected chi connectivity index (χ1v) is 8.77. The van der Waals surface area contributed by atoms with Crippen LogP contribution in [0.4, 0.5) is 13.2 Å². The number of hydrogen-bond donors (Lipinski definition) is 1. The smallest absolute Gasteiger partial charge is 0.422 e. The van der Waals surface area contributed by atoms with Crippen LogP contribution in [0.2, 0.25) is 5.02 Å². The molecule has 3 aromatic rings. The molecule has 146 valence electrons. The highest BCUT2D eigenvalue weighted by Gasteiger charge is 2.46. The maximum Gasteiger partial charge on any atom is 0.435 e. The van der Waals surface area contributed by atoms with E-state index in [0.29, 0.717) is 16.3 Å². The molecule has 0 saturated heterocycles. The van der Waals surface area contributed by atoms with Crippen LogP contribution in [0.3, 0.4) is 0 Å². The fourth-order valence-corrected chi connectivity index (χ4v) is 3.41. The van der Waals surface area contributed by atoms with Gasteiger partial charge in [0.25, 0.3) is 0 Å². The first-order chi connectivity index (χ1) is 13.8. The summed E-state index contributed by atoms with van der Waals surface area (Å²) < 4.78 is 48.2. The molecule has 2 heterocycles. The summed E-state index contributed by atoms with van der Waals surface area (Å²) in [5, 5.41) is 13.8. The molecule has 1 aromatic heterocycles. The Labute approximate surface area is 168 Å². The second-order valence-corrected chi connectivity index (χ2v) is 6.73. The molecular formula is C20H12ClF3N4O. The highest BCUT2D eigenvalue weighted by molar-refractivity contribution is 6.30. The minimum absolute atomic E-state index is 0.127. The molecule has 0 saturated carbocycles. The monoisotopic (exact) mass is 416 g/mol. The van der Waals surface area contributed by atoms with Crippen molar-refractivity contribution < 1.29 is 17.9 Å². The first-order valence-electron chi connectivity index (χ1n) is 8.40. The number of nitrogens with two attached hydrogens (primary N) is 1. The Morgan fingerprint density at radius 2 is 1.76 bits per heavy atom. The van der Waals surface area contributed by atoms with E-state index in [2.05, 4.69) is 5.10 Å². The van der Waals surface area contributed by atoms with Crippen LogP contribution >= 0.6 is 11.6 Å². The van der Waals surface area contributed by atoms with Gasteiger partial charge in [-0.1, -0.05) is 41.9 Å². The number of rotatable bonds is 2. The van der Waals surface area contributed by atoms with Crippen molar-refractivity contribution in [2.24, 2.45) is 5.73 Å². The summed E-state index contributed by atoms with van der Waals surface area (Å²) >= 11 is 5.91. The van der Waals surface area contributed by atoms with E-state index in [1.54, 1.807) is 42.5 Å². The predicted molar refractivity (Wildman–Crippen MR) is 99.3 cm³/mol. The number of nitriles is 1. The van der Waals surface area contributed by atoms with Gasteiger partial charge in [-0.25, -0.2) is 0 Å². The lowest BCUT2D eigenvalue weighted by Crippen LogP contribution is -2.23. The summed E-state index contributed by atoms with van der Waals surface area (Å²) in [5.74, 6) is -1.55. The van der Waals surface area contributed by atoms with E-state index in [1.165, 1.54) is 12.1 Å². The van der Waals surface area contributed by atoms with Crippen molar-refractivity contribution in [3.05, 3.63) is 87.9 Å². The molecule has 2 aromatic carbocycles. The predicted octanol–water partition coefficient (Wildman–Crippen LogP) is 4.76. The van der Waals surface area contributed by atoms with E-state index < -0.39 is 17.8 Å². The fourth-order valence-electron chi connectivity index (χ4n) is 3.28. The Kier molecular flexibility index (Phi) is 4.47. The summed E-state index contributed by atoms with van der Waals surface area (Å²) in [7, 11) is 0. The van der Waals surface area contributed by atoms with Crippen molar-refractivity contribution in [2.45, 2.75) is 12.1 Å². The lowest BCUT2D eigenvalue weighted by atomic mass is 9.84. The SMILES string of the molecule is N#CC1=C(N)Oc2c(c(C(F)(F)F)nn2-c2ccccc2)C1c1ccc(Cl)cc1. The van der Waals surface area contributed by atoms with Gasteiger partial charge in [0.1, 0.15) is 11.6 Å². The molecule has 9 heteroatoms. The van der Waals surface area contributed by atoms with Gasteiger partial charge in [-0.15, -0.1) is 0 Å². The molecule has 0 radical (unpaired) electrons. The Morgan fingerprint density at radius 1 is 1.10 bits per heavy atom. The highest BCUT2D eigenvalue weighted by atomic mass is 35.5. The zero-order chi connectivity index (χ0) is 20.8. The van der Waals surface area contributed by atoms with Gasteiger partial charge in [0.05, 0.1) is 17.2 Å². The Morgan fingerprint density at radius 3 is 2.34 bits per heavy atom. The van der Waals surface area contributed by atoms with Gasteiger partial charge < -0.3 is 10.5 Å². The summed E-state index contributed by atoms with van der Waals surface area (Å²) in [6.07, 6.45) is -4.77. The minimum atomic E-state index is -4.77. The van der Waals surface area contributed by atoms with Crippen molar-refractivity contribution in [3.8, 4) is 17.6 Å². The summed E-state index contributed by atoms with van der Waals surface area (Å²) in [6.45, 7) is 0. The van der Waals surface area contributed by atoms with Gasteiger partial charge >= 0.3 is 6.18 Å². The van der Waals surface area contributed by atoms with Crippen LogP contribution in [0.5, 0.6) is 5.88 Å². The van der Waals surface area contributed by atoms with Crippen LogP contribution in [-0.2, 0) is 6.18 Å². The zero-order valence-corrected chi connectivity index (χ0v) is 15.4. The molecule has 0 amide bonds. The molecule has 0 bridgehead atoms. The van der Waals surface area contributed by atoms with Crippen LogP contribution < -0.4 is 10.5 Å². The van der Waals surface area contributed by atoms with Crippen LogP contribution in [-0.4, -0.2) is 9.78 Å². The van der Waals surface area contributed by atoms with Gasteiger partial charge in [0, 0.05) is 5.02 Å². The van der Waals surface area contributed by atoms with E-state index in [0.717, 1.165) is 4.68 Å². The summed E-state index contributed by atoms with van der Waals surface area (Å²) in [5.41, 5.74) is 5.15. The van der Waals surface area contributed by atoms with Crippen molar-refractivity contribution in [2.75, 3.05) is 0 Å². The van der Waals surface area contributed by atoms with Gasteiger partial charge in [0.2, 0.25) is 11.8 Å². The third-order valence-electron chi connectivity index (χ3n) is 4.52. The molecule has 2 N–H and O–H groups in total. The number of alkyl halides is 3. The molecule has 5 nitrogen and oxygen atoms in total. The van der Waals surface area contributed by atoms with Crippen molar-refractivity contribution in [1.82, 2.24) is 9.78 Å². The maximum atomic E-state index is 13.9. The Hall–Kier alpha value is -3.44. The maximum absolute atomic E-state index is 13.9. The third kappa shape index (κ3) is 3.19. The largest absolute Gasteiger partial charge is 0.435 e. The number of allylic oxidation sites excluding steroid dienone is 1. The topological polar surface area (TPSA) is 76.9 Å². The minimum Gasteiger partial charge on any atom is -0.422 e. The third-order valence-corrected chi connectivity index (χ3v) is 4.77. The number of ether oxygens (including phenoxy) is 1. The lowest BCUT2D eigenvalue weighted by molar-refractivity contribution is -0.142. The molecule has 4 rings (SSSR count). The normalized spacial score (nSPS) is 16.2. The quantitative estimate of drug-likeness (QED) is 0.653. The highest BCUT2D eigenvalue weighted by Crippen LogP contribution is 2.48. The van der Waals surface area contributed by atoms with E-state index >= 15 is 0 Å². The van der Waals surface area contributed by atoms with Gasteiger partial charge in [-0.2, -0.15) is 28.2 Å². The zero-order valence-electron chi connectivity index (χ0n) is 14.6. The van der Waals surface area contributed by atoms with E-state index in [-0.39, 0.29) is 22.9 Å². The van der Waals surface area contributed by atoms with Gasteiger partial charge in [-0.05, 0) is 29.8 Å². The lowest BCUT2D eigenvalue weighted by Gasteiger charge is -2.25. The molecule has 29 heavy (non-hydrogen) atoms. The second-order valence-electron chi connectivity index (χ2n) is 6.29.